The lowest BCUT2D eigenvalue weighted by Crippen LogP contribution is -2.61. The largest absolute Gasteiger partial charge is 0.365 e. The molecule has 2 aromatic rings. The van der Waals surface area contributed by atoms with Gasteiger partial charge in [0.15, 0.2) is 0 Å². The molecule has 160 valence electrons. The summed E-state index contributed by atoms with van der Waals surface area (Å²) < 4.78 is 6.70. The zero-order valence-corrected chi connectivity index (χ0v) is 18.2. The molecule has 1 amide bonds. The van der Waals surface area contributed by atoms with Gasteiger partial charge in [-0.05, 0) is 49.8 Å². The van der Waals surface area contributed by atoms with Gasteiger partial charge in [0, 0.05) is 25.8 Å². The number of aromatic nitrogens is 1. The van der Waals surface area contributed by atoms with Gasteiger partial charge in [-0.15, -0.1) is 12.4 Å². The standard InChI is InChI=1S/C24H29N3O2.ClH/c28-22(21-8-4-5-14-25-21)27-18-23(10-11-23)29-24(19-27)12-16-26(17-13-24)15-9-20-6-2-1-3-7-20;/h1-8,14H,9-13,15-19H2;1H. The maximum atomic E-state index is 13.1. The minimum atomic E-state index is -0.192. The fourth-order valence-electron chi connectivity index (χ4n) is 4.85. The summed E-state index contributed by atoms with van der Waals surface area (Å²) in [6.07, 6.45) is 6.91. The zero-order valence-electron chi connectivity index (χ0n) is 17.3. The number of nitrogens with zero attached hydrogens (tertiary/aromatic N) is 3. The molecular weight excluding hydrogens is 398 g/mol. The summed E-state index contributed by atoms with van der Waals surface area (Å²) in [5, 5.41) is 0. The van der Waals surface area contributed by atoms with E-state index in [4.69, 9.17) is 4.74 Å². The molecule has 0 N–H and O–H groups in total. The van der Waals surface area contributed by atoms with Crippen molar-refractivity contribution in [3.8, 4) is 0 Å². The number of amides is 1. The Hall–Kier alpha value is -1.95. The van der Waals surface area contributed by atoms with Crippen LogP contribution in [0.1, 0.15) is 41.7 Å². The number of ether oxygens (including phenoxy) is 1. The van der Waals surface area contributed by atoms with E-state index >= 15 is 0 Å². The van der Waals surface area contributed by atoms with Gasteiger partial charge in [-0.1, -0.05) is 36.4 Å². The molecule has 3 heterocycles. The second-order valence-corrected chi connectivity index (χ2v) is 8.92. The molecular formula is C24H30ClN3O2. The van der Waals surface area contributed by atoms with Crippen LogP contribution < -0.4 is 0 Å². The third-order valence-corrected chi connectivity index (χ3v) is 6.70. The first-order chi connectivity index (χ1) is 14.2. The van der Waals surface area contributed by atoms with Crippen molar-refractivity contribution in [2.75, 3.05) is 32.7 Å². The fraction of sp³-hybridized carbons (Fsp3) is 0.500. The third-order valence-electron chi connectivity index (χ3n) is 6.70. The normalized spacial score (nSPS) is 21.9. The SMILES string of the molecule is Cl.O=C(c1ccccn1)N1CC2(CCN(CCc3ccccc3)CC2)OC2(CC2)C1. The summed E-state index contributed by atoms with van der Waals surface area (Å²) in [6.45, 7) is 4.56. The van der Waals surface area contributed by atoms with E-state index in [0.29, 0.717) is 18.8 Å². The zero-order chi connectivity index (χ0) is 19.7. The summed E-state index contributed by atoms with van der Waals surface area (Å²) in [6, 6.07) is 16.2. The van der Waals surface area contributed by atoms with E-state index in [1.54, 1.807) is 6.20 Å². The summed E-state index contributed by atoms with van der Waals surface area (Å²) in [5.74, 6) is 0.0473. The topological polar surface area (TPSA) is 45.7 Å². The van der Waals surface area contributed by atoms with E-state index < -0.39 is 0 Å². The van der Waals surface area contributed by atoms with Gasteiger partial charge in [0.2, 0.25) is 0 Å². The van der Waals surface area contributed by atoms with Gasteiger partial charge in [-0.2, -0.15) is 0 Å². The van der Waals surface area contributed by atoms with Crippen LogP contribution in [0.2, 0.25) is 0 Å². The first-order valence-electron chi connectivity index (χ1n) is 10.8. The summed E-state index contributed by atoms with van der Waals surface area (Å²) in [5.41, 5.74) is 1.64. The van der Waals surface area contributed by atoms with Gasteiger partial charge in [-0.3, -0.25) is 9.78 Å². The van der Waals surface area contributed by atoms with E-state index in [9.17, 15) is 4.79 Å². The molecule has 3 aliphatic rings. The van der Waals surface area contributed by atoms with Crippen LogP contribution >= 0.6 is 12.4 Å². The Morgan fingerprint density at radius 3 is 2.23 bits per heavy atom. The van der Waals surface area contributed by atoms with Crippen LogP contribution in [0.5, 0.6) is 0 Å². The number of hydrogen-bond acceptors (Lipinski definition) is 4. The molecule has 1 saturated carbocycles. The van der Waals surface area contributed by atoms with Crippen molar-refractivity contribution in [3.63, 3.8) is 0 Å². The summed E-state index contributed by atoms with van der Waals surface area (Å²) >= 11 is 0. The highest BCUT2D eigenvalue weighted by Gasteiger charge is 2.56. The van der Waals surface area contributed by atoms with E-state index in [1.807, 2.05) is 23.1 Å². The molecule has 5 rings (SSSR count). The molecule has 1 aliphatic carbocycles. The average molecular weight is 428 g/mol. The lowest BCUT2D eigenvalue weighted by molar-refractivity contribution is -0.179. The molecule has 2 saturated heterocycles. The minimum absolute atomic E-state index is 0. The quantitative estimate of drug-likeness (QED) is 0.748. The Morgan fingerprint density at radius 1 is 0.933 bits per heavy atom. The summed E-state index contributed by atoms with van der Waals surface area (Å²) in [7, 11) is 0. The number of benzene rings is 1. The Morgan fingerprint density at radius 2 is 1.60 bits per heavy atom. The number of pyridine rings is 1. The Bertz CT molecular complexity index is 849. The second-order valence-electron chi connectivity index (χ2n) is 8.92. The van der Waals surface area contributed by atoms with Crippen LogP contribution in [0.25, 0.3) is 0 Å². The number of hydrogen-bond donors (Lipinski definition) is 0. The number of carbonyl (C=O) groups is 1. The summed E-state index contributed by atoms with van der Waals surface area (Å²) in [4.78, 5) is 21.9. The lowest BCUT2D eigenvalue weighted by atomic mass is 9.87. The Kier molecular flexibility index (Phi) is 6.14. The monoisotopic (exact) mass is 427 g/mol. The third kappa shape index (κ3) is 4.53. The molecule has 2 aliphatic heterocycles. The predicted molar refractivity (Wildman–Crippen MR) is 119 cm³/mol. The molecule has 0 atom stereocenters. The van der Waals surface area contributed by atoms with Gasteiger partial charge < -0.3 is 14.5 Å². The molecule has 2 spiro atoms. The number of likely N-dealkylation sites (tertiary alicyclic amines) is 1. The van der Waals surface area contributed by atoms with Crippen molar-refractivity contribution < 1.29 is 9.53 Å². The van der Waals surface area contributed by atoms with Crippen LogP contribution in [-0.4, -0.2) is 64.6 Å². The van der Waals surface area contributed by atoms with Gasteiger partial charge in [-0.25, -0.2) is 0 Å². The molecule has 0 unspecified atom stereocenters. The van der Waals surface area contributed by atoms with Crippen molar-refractivity contribution >= 4 is 18.3 Å². The highest BCUT2D eigenvalue weighted by Crippen LogP contribution is 2.49. The first-order valence-corrected chi connectivity index (χ1v) is 10.8. The molecule has 0 bridgehead atoms. The highest BCUT2D eigenvalue weighted by molar-refractivity contribution is 5.92. The average Bonchev–Trinajstić information content (AvgIpc) is 3.51. The molecule has 6 heteroatoms. The van der Waals surface area contributed by atoms with Gasteiger partial charge in [0.05, 0.1) is 24.3 Å². The molecule has 0 radical (unpaired) electrons. The van der Waals surface area contributed by atoms with Crippen LogP contribution in [0.4, 0.5) is 0 Å². The molecule has 1 aromatic carbocycles. The number of halogens is 1. The minimum Gasteiger partial charge on any atom is -0.365 e. The molecule has 5 nitrogen and oxygen atoms in total. The van der Waals surface area contributed by atoms with Crippen molar-refractivity contribution in [3.05, 3.63) is 66.0 Å². The molecule has 3 fully saturated rings. The first kappa shape index (κ1) is 21.3. The highest BCUT2D eigenvalue weighted by atomic mass is 35.5. The van der Waals surface area contributed by atoms with Crippen LogP contribution in [0.15, 0.2) is 54.7 Å². The van der Waals surface area contributed by atoms with Gasteiger partial charge in [0.1, 0.15) is 5.69 Å². The van der Waals surface area contributed by atoms with Crippen molar-refractivity contribution in [2.24, 2.45) is 0 Å². The number of rotatable bonds is 4. The van der Waals surface area contributed by atoms with E-state index in [0.717, 1.165) is 51.7 Å². The van der Waals surface area contributed by atoms with Gasteiger partial charge in [0.25, 0.3) is 5.91 Å². The maximum Gasteiger partial charge on any atom is 0.272 e. The fourth-order valence-corrected chi connectivity index (χ4v) is 4.85. The van der Waals surface area contributed by atoms with Crippen molar-refractivity contribution in [2.45, 2.75) is 43.3 Å². The Labute approximate surface area is 184 Å². The smallest absolute Gasteiger partial charge is 0.272 e. The van der Waals surface area contributed by atoms with Crippen LogP contribution in [0.3, 0.4) is 0 Å². The van der Waals surface area contributed by atoms with Crippen LogP contribution in [0, 0.1) is 0 Å². The molecule has 1 aromatic heterocycles. The van der Waals surface area contributed by atoms with Crippen molar-refractivity contribution in [1.29, 1.82) is 0 Å². The predicted octanol–water partition coefficient (Wildman–Crippen LogP) is 3.59. The van der Waals surface area contributed by atoms with E-state index in [2.05, 4.69) is 40.2 Å². The number of morpholine rings is 1. The second kappa shape index (κ2) is 8.66. The Balaban J connectivity index is 0.00000218. The van der Waals surface area contributed by atoms with E-state index in [-0.39, 0.29) is 29.5 Å². The van der Waals surface area contributed by atoms with E-state index in [1.165, 1.54) is 5.56 Å². The van der Waals surface area contributed by atoms with Gasteiger partial charge >= 0.3 is 0 Å². The van der Waals surface area contributed by atoms with Crippen LogP contribution in [-0.2, 0) is 11.2 Å². The maximum absolute atomic E-state index is 13.1. The number of piperidine rings is 1. The number of carbonyl (C=O) groups excluding carboxylic acids is 1. The van der Waals surface area contributed by atoms with Crippen molar-refractivity contribution in [1.82, 2.24) is 14.8 Å². The molecule has 30 heavy (non-hydrogen) atoms. The lowest BCUT2D eigenvalue weighted by Gasteiger charge is -2.50.